The highest BCUT2D eigenvalue weighted by Crippen LogP contribution is 2.15. The van der Waals surface area contributed by atoms with Gasteiger partial charge < -0.3 is 0 Å². The van der Waals surface area contributed by atoms with Crippen LogP contribution in [0.4, 0.5) is 0 Å². The molecular formula is C11H24O4S. The van der Waals surface area contributed by atoms with Crippen LogP contribution < -0.4 is 0 Å². The first-order chi connectivity index (χ1) is 7.49. The van der Waals surface area contributed by atoms with Gasteiger partial charge in [-0.2, -0.15) is 8.42 Å². The summed E-state index contributed by atoms with van der Waals surface area (Å²) < 4.78 is 34.5. The molecule has 0 aromatic heterocycles. The van der Waals surface area contributed by atoms with E-state index in [2.05, 4.69) is 11.1 Å². The van der Waals surface area contributed by atoms with E-state index in [0.29, 0.717) is 12.8 Å². The van der Waals surface area contributed by atoms with Crippen LogP contribution in [0.2, 0.25) is 0 Å². The summed E-state index contributed by atoms with van der Waals surface area (Å²) >= 11 is 0. The Hall–Kier alpha value is -0.130. The van der Waals surface area contributed by atoms with Crippen molar-refractivity contribution in [2.24, 2.45) is 0 Å². The maximum Gasteiger partial charge on any atom is 0.397 e. The Labute approximate surface area is 99.3 Å². The van der Waals surface area contributed by atoms with Crippen LogP contribution in [0.15, 0.2) is 0 Å². The number of hydrogen-bond donors (Lipinski definition) is 1. The molecule has 0 aromatic carbocycles. The quantitative estimate of drug-likeness (QED) is 0.478. The Balaban J connectivity index is 3.90. The highest BCUT2D eigenvalue weighted by molar-refractivity contribution is 7.80. The van der Waals surface area contributed by atoms with Crippen molar-refractivity contribution in [1.29, 1.82) is 0 Å². The van der Waals surface area contributed by atoms with E-state index in [4.69, 9.17) is 4.55 Å². The van der Waals surface area contributed by atoms with Crippen molar-refractivity contribution >= 4 is 10.4 Å². The molecule has 0 aliphatic carbocycles. The van der Waals surface area contributed by atoms with Gasteiger partial charge in [-0.05, 0) is 12.8 Å². The molecule has 0 saturated heterocycles. The molecule has 0 rings (SSSR count). The van der Waals surface area contributed by atoms with Crippen LogP contribution in [0.5, 0.6) is 0 Å². The Morgan fingerprint density at radius 2 is 1.56 bits per heavy atom. The lowest BCUT2D eigenvalue weighted by atomic mass is 10.1. The zero-order chi connectivity index (χ0) is 12.4. The van der Waals surface area contributed by atoms with E-state index in [9.17, 15) is 8.42 Å². The SMILES string of the molecule is CCCCCCC(CCCC)OS(=O)(=O)O. The van der Waals surface area contributed by atoms with Crippen LogP contribution in [0, 0.1) is 0 Å². The smallest absolute Gasteiger partial charge is 0.264 e. The van der Waals surface area contributed by atoms with E-state index in [1.807, 2.05) is 6.92 Å². The summed E-state index contributed by atoms with van der Waals surface area (Å²) in [6.07, 6.45) is 7.33. The van der Waals surface area contributed by atoms with Gasteiger partial charge in [-0.15, -0.1) is 0 Å². The molecule has 1 unspecified atom stereocenters. The van der Waals surface area contributed by atoms with Crippen molar-refractivity contribution in [2.45, 2.75) is 71.3 Å². The largest absolute Gasteiger partial charge is 0.397 e. The second-order valence-electron chi connectivity index (χ2n) is 4.14. The monoisotopic (exact) mass is 252 g/mol. The standard InChI is InChI=1S/C11H24O4S/c1-3-5-7-8-10-11(9-6-4-2)15-16(12,13)14/h11H,3-10H2,1-2H3,(H,12,13,14). The van der Waals surface area contributed by atoms with Crippen molar-refractivity contribution in [3.8, 4) is 0 Å². The summed E-state index contributed by atoms with van der Waals surface area (Å²) in [6.45, 7) is 4.17. The average Bonchev–Trinajstić information content (AvgIpc) is 2.18. The Bertz CT molecular complexity index is 249. The highest BCUT2D eigenvalue weighted by Gasteiger charge is 2.16. The first-order valence-electron chi connectivity index (χ1n) is 6.15. The number of unbranched alkanes of at least 4 members (excludes halogenated alkanes) is 4. The summed E-state index contributed by atoms with van der Waals surface area (Å²) in [5, 5.41) is 0. The topological polar surface area (TPSA) is 63.6 Å². The fraction of sp³-hybridized carbons (Fsp3) is 1.00. The minimum atomic E-state index is -4.30. The van der Waals surface area contributed by atoms with Gasteiger partial charge in [-0.3, -0.25) is 4.55 Å². The number of hydrogen-bond acceptors (Lipinski definition) is 3. The van der Waals surface area contributed by atoms with Crippen molar-refractivity contribution in [3.63, 3.8) is 0 Å². The minimum Gasteiger partial charge on any atom is -0.264 e. The molecule has 4 nitrogen and oxygen atoms in total. The second kappa shape index (κ2) is 8.96. The van der Waals surface area contributed by atoms with Gasteiger partial charge in [0.1, 0.15) is 0 Å². The molecule has 0 radical (unpaired) electrons. The van der Waals surface area contributed by atoms with Gasteiger partial charge in [0.15, 0.2) is 0 Å². The minimum absolute atomic E-state index is 0.355. The number of rotatable bonds is 10. The molecule has 0 spiro atoms. The molecule has 0 amide bonds. The third-order valence-electron chi connectivity index (χ3n) is 2.52. The van der Waals surface area contributed by atoms with Gasteiger partial charge in [0.2, 0.25) is 0 Å². The molecular weight excluding hydrogens is 228 g/mol. The maximum atomic E-state index is 10.6. The Morgan fingerprint density at radius 1 is 1.00 bits per heavy atom. The lowest BCUT2D eigenvalue weighted by Crippen LogP contribution is -2.18. The van der Waals surface area contributed by atoms with Crippen LogP contribution in [0.3, 0.4) is 0 Å². The van der Waals surface area contributed by atoms with E-state index < -0.39 is 10.4 Å². The molecule has 0 heterocycles. The summed E-state index contributed by atoms with van der Waals surface area (Å²) in [6, 6.07) is 0. The third kappa shape index (κ3) is 10.4. The van der Waals surface area contributed by atoms with Crippen LogP contribution in [0.1, 0.15) is 65.2 Å². The van der Waals surface area contributed by atoms with Gasteiger partial charge >= 0.3 is 10.4 Å². The molecule has 0 saturated carbocycles. The molecule has 5 heteroatoms. The van der Waals surface area contributed by atoms with E-state index in [0.717, 1.165) is 38.5 Å². The first kappa shape index (κ1) is 15.9. The van der Waals surface area contributed by atoms with E-state index in [1.54, 1.807) is 0 Å². The van der Waals surface area contributed by atoms with Gasteiger partial charge in [-0.1, -0.05) is 52.4 Å². The summed E-state index contributed by atoms with van der Waals surface area (Å²) in [4.78, 5) is 0. The third-order valence-corrected chi connectivity index (χ3v) is 3.03. The summed E-state index contributed by atoms with van der Waals surface area (Å²) in [7, 11) is -4.30. The molecule has 0 fully saturated rings. The Morgan fingerprint density at radius 3 is 2.06 bits per heavy atom. The van der Waals surface area contributed by atoms with Gasteiger partial charge in [-0.25, -0.2) is 4.18 Å². The summed E-state index contributed by atoms with van der Waals surface area (Å²) in [5.41, 5.74) is 0. The van der Waals surface area contributed by atoms with Crippen LogP contribution in [-0.4, -0.2) is 19.1 Å². The zero-order valence-corrected chi connectivity index (χ0v) is 11.1. The fourth-order valence-corrected chi connectivity index (χ4v) is 2.18. The van der Waals surface area contributed by atoms with Crippen molar-refractivity contribution in [3.05, 3.63) is 0 Å². The fourth-order valence-electron chi connectivity index (χ4n) is 1.64. The lowest BCUT2D eigenvalue weighted by Gasteiger charge is -2.14. The maximum absolute atomic E-state index is 10.6. The second-order valence-corrected chi connectivity index (χ2v) is 5.19. The molecule has 98 valence electrons. The molecule has 0 bridgehead atoms. The van der Waals surface area contributed by atoms with Crippen molar-refractivity contribution < 1.29 is 17.2 Å². The van der Waals surface area contributed by atoms with Crippen LogP contribution in [0.25, 0.3) is 0 Å². The zero-order valence-electron chi connectivity index (χ0n) is 10.3. The van der Waals surface area contributed by atoms with Crippen molar-refractivity contribution in [1.82, 2.24) is 0 Å². The molecule has 16 heavy (non-hydrogen) atoms. The van der Waals surface area contributed by atoms with Gasteiger partial charge in [0.05, 0.1) is 6.10 Å². The van der Waals surface area contributed by atoms with Crippen LogP contribution in [-0.2, 0) is 14.6 Å². The molecule has 0 aliphatic heterocycles. The van der Waals surface area contributed by atoms with Gasteiger partial charge in [0, 0.05) is 0 Å². The van der Waals surface area contributed by atoms with E-state index in [1.165, 1.54) is 0 Å². The van der Waals surface area contributed by atoms with E-state index >= 15 is 0 Å². The summed E-state index contributed by atoms with van der Waals surface area (Å²) in [5.74, 6) is 0. The highest BCUT2D eigenvalue weighted by atomic mass is 32.3. The van der Waals surface area contributed by atoms with Crippen molar-refractivity contribution in [2.75, 3.05) is 0 Å². The predicted molar refractivity (Wildman–Crippen MR) is 64.7 cm³/mol. The first-order valence-corrected chi connectivity index (χ1v) is 7.51. The molecule has 0 aliphatic rings. The Kier molecular flexibility index (Phi) is 8.89. The van der Waals surface area contributed by atoms with Crippen LogP contribution >= 0.6 is 0 Å². The molecule has 1 atom stereocenters. The normalized spacial score (nSPS) is 13.9. The molecule has 1 N–H and O–H groups in total. The van der Waals surface area contributed by atoms with Gasteiger partial charge in [0.25, 0.3) is 0 Å². The van der Waals surface area contributed by atoms with E-state index in [-0.39, 0.29) is 6.10 Å². The lowest BCUT2D eigenvalue weighted by molar-refractivity contribution is 0.158. The predicted octanol–water partition coefficient (Wildman–Crippen LogP) is 3.34. The molecule has 0 aromatic rings. The average molecular weight is 252 g/mol.